The minimum atomic E-state index is -1.37. The fraction of sp³-hybridized carbons (Fsp3) is 0.0714. The lowest BCUT2D eigenvalue weighted by Gasteiger charge is -2.00. The number of hydrogen-bond donors (Lipinski definition) is 2. The maximum absolute atomic E-state index is 11.6. The zero-order chi connectivity index (χ0) is 19.3. The van der Waals surface area contributed by atoms with E-state index in [1.807, 2.05) is 0 Å². The number of carbonyl (C=O) groups excluding carboxylic acids is 2. The van der Waals surface area contributed by atoms with Crippen LogP contribution in [-0.2, 0) is 14.3 Å². The van der Waals surface area contributed by atoms with Crippen molar-refractivity contribution in [3.63, 3.8) is 0 Å². The van der Waals surface area contributed by atoms with E-state index in [1.54, 1.807) is 0 Å². The van der Waals surface area contributed by atoms with Gasteiger partial charge in [0.05, 0.1) is 28.7 Å². The minimum Gasteiger partial charge on any atom is -0.478 e. The van der Waals surface area contributed by atoms with Crippen molar-refractivity contribution in [3.8, 4) is 0 Å². The Morgan fingerprint density at radius 2 is 2.15 bits per heavy atom. The van der Waals surface area contributed by atoms with Gasteiger partial charge in [-0.25, -0.2) is 9.59 Å². The first-order chi connectivity index (χ1) is 12.3. The first-order valence-electron chi connectivity index (χ1n) is 6.73. The second kappa shape index (κ2) is 8.02. The SMILES string of the molecule is COC(=O)/C=C1/S/C(=N\N=Cc2ccc([N+](=O)[O-])cc2C(=O)O)NC1=O. The molecular weight excluding hydrogens is 368 g/mol. The van der Waals surface area contributed by atoms with Gasteiger partial charge in [0.1, 0.15) is 0 Å². The number of nitrogens with one attached hydrogen (secondary N) is 1. The Bertz CT molecular complexity index is 891. The van der Waals surface area contributed by atoms with E-state index in [0.29, 0.717) is 0 Å². The Labute approximate surface area is 149 Å². The number of nitro groups is 1. The van der Waals surface area contributed by atoms with E-state index in [1.165, 1.54) is 13.2 Å². The van der Waals surface area contributed by atoms with Crippen LogP contribution in [0.25, 0.3) is 0 Å². The van der Waals surface area contributed by atoms with Crippen molar-refractivity contribution in [3.05, 3.63) is 50.4 Å². The lowest BCUT2D eigenvalue weighted by atomic mass is 10.1. The fourth-order valence-corrected chi connectivity index (χ4v) is 2.48. The number of ether oxygens (including phenoxy) is 1. The number of carboxylic acids is 1. The first-order valence-corrected chi connectivity index (χ1v) is 7.55. The Kier molecular flexibility index (Phi) is 5.80. The topological polar surface area (TPSA) is 161 Å². The van der Waals surface area contributed by atoms with Crippen LogP contribution in [0.15, 0.2) is 39.4 Å². The lowest BCUT2D eigenvalue weighted by Crippen LogP contribution is -2.19. The zero-order valence-electron chi connectivity index (χ0n) is 13.0. The molecule has 2 N–H and O–H groups in total. The molecule has 1 aromatic rings. The summed E-state index contributed by atoms with van der Waals surface area (Å²) in [6.07, 6.45) is 2.07. The van der Waals surface area contributed by atoms with Crippen LogP contribution in [0.3, 0.4) is 0 Å². The largest absolute Gasteiger partial charge is 0.478 e. The Hall–Kier alpha value is -3.54. The molecule has 26 heavy (non-hydrogen) atoms. The van der Waals surface area contributed by atoms with E-state index in [0.717, 1.165) is 36.2 Å². The van der Waals surface area contributed by atoms with Crippen molar-refractivity contribution >= 4 is 46.7 Å². The van der Waals surface area contributed by atoms with Crippen molar-refractivity contribution < 1.29 is 29.2 Å². The van der Waals surface area contributed by atoms with Gasteiger partial charge in [-0.15, -0.1) is 5.10 Å². The molecule has 12 heteroatoms. The van der Waals surface area contributed by atoms with E-state index in [2.05, 4.69) is 20.3 Å². The predicted octanol–water partition coefficient (Wildman–Crippen LogP) is 0.903. The van der Waals surface area contributed by atoms with Crippen molar-refractivity contribution in [1.29, 1.82) is 0 Å². The molecule has 0 bridgehead atoms. The number of carboxylic acid groups (broad SMARTS) is 1. The summed E-state index contributed by atoms with van der Waals surface area (Å²) in [7, 11) is 1.17. The highest BCUT2D eigenvalue weighted by molar-refractivity contribution is 8.18. The highest BCUT2D eigenvalue weighted by Crippen LogP contribution is 2.23. The molecule has 0 atom stereocenters. The summed E-state index contributed by atoms with van der Waals surface area (Å²) < 4.78 is 4.42. The zero-order valence-corrected chi connectivity index (χ0v) is 13.8. The van der Waals surface area contributed by atoms with Gasteiger partial charge in [0, 0.05) is 23.8 Å². The molecular formula is C14H10N4O7S. The average molecular weight is 378 g/mol. The van der Waals surface area contributed by atoms with Gasteiger partial charge in [-0.05, 0) is 17.8 Å². The van der Waals surface area contributed by atoms with Crippen LogP contribution in [0.1, 0.15) is 15.9 Å². The Morgan fingerprint density at radius 3 is 2.77 bits per heavy atom. The molecule has 1 saturated heterocycles. The van der Waals surface area contributed by atoms with Crippen LogP contribution in [0.2, 0.25) is 0 Å². The van der Waals surface area contributed by atoms with Crippen molar-refractivity contribution in [2.45, 2.75) is 0 Å². The molecule has 0 unspecified atom stereocenters. The number of rotatable bonds is 5. The third-order valence-electron chi connectivity index (χ3n) is 2.92. The van der Waals surface area contributed by atoms with Gasteiger partial charge >= 0.3 is 11.9 Å². The average Bonchev–Trinajstić information content (AvgIpc) is 2.94. The molecule has 0 radical (unpaired) electrons. The summed E-state index contributed by atoms with van der Waals surface area (Å²) >= 11 is 0.845. The number of amidine groups is 1. The summed E-state index contributed by atoms with van der Waals surface area (Å²) in [5, 5.41) is 29.6. The van der Waals surface area contributed by atoms with Gasteiger partial charge in [-0.1, -0.05) is 0 Å². The third-order valence-corrected chi connectivity index (χ3v) is 3.82. The van der Waals surface area contributed by atoms with Crippen LogP contribution in [-0.4, -0.2) is 46.4 Å². The van der Waals surface area contributed by atoms with Crippen LogP contribution in [0.4, 0.5) is 5.69 Å². The van der Waals surface area contributed by atoms with Crippen LogP contribution < -0.4 is 5.32 Å². The van der Waals surface area contributed by atoms with Gasteiger partial charge < -0.3 is 9.84 Å². The number of hydrogen-bond acceptors (Lipinski definition) is 9. The number of methoxy groups -OCH3 is 1. The molecule has 0 spiro atoms. The number of amides is 1. The number of nitro benzene ring substituents is 1. The normalized spacial score (nSPS) is 16.9. The molecule has 2 rings (SSSR count). The summed E-state index contributed by atoms with van der Waals surface area (Å²) in [6, 6.07) is 3.25. The van der Waals surface area contributed by atoms with Gasteiger partial charge in [-0.2, -0.15) is 5.10 Å². The first kappa shape index (κ1) is 18.8. The molecule has 1 amide bonds. The van der Waals surface area contributed by atoms with E-state index in [9.17, 15) is 24.5 Å². The highest BCUT2D eigenvalue weighted by atomic mass is 32.2. The summed E-state index contributed by atoms with van der Waals surface area (Å²) in [5.74, 6) is -2.63. The smallest absolute Gasteiger partial charge is 0.336 e. The van der Waals surface area contributed by atoms with Crippen LogP contribution >= 0.6 is 11.8 Å². The van der Waals surface area contributed by atoms with E-state index in [4.69, 9.17) is 5.11 Å². The number of aromatic carboxylic acids is 1. The van der Waals surface area contributed by atoms with Crippen molar-refractivity contribution in [1.82, 2.24) is 5.32 Å². The predicted molar refractivity (Wildman–Crippen MR) is 90.9 cm³/mol. The van der Waals surface area contributed by atoms with Crippen molar-refractivity contribution in [2.75, 3.05) is 7.11 Å². The number of nitrogens with zero attached hydrogens (tertiary/aromatic N) is 3. The number of thioether (sulfide) groups is 1. The highest BCUT2D eigenvalue weighted by Gasteiger charge is 2.25. The fourth-order valence-electron chi connectivity index (χ4n) is 1.74. The Balaban J connectivity index is 2.21. The monoisotopic (exact) mass is 378 g/mol. The number of benzene rings is 1. The molecule has 134 valence electrons. The Morgan fingerprint density at radius 1 is 1.42 bits per heavy atom. The molecule has 0 saturated carbocycles. The van der Waals surface area contributed by atoms with Gasteiger partial charge in [0.15, 0.2) is 5.17 Å². The van der Waals surface area contributed by atoms with Crippen molar-refractivity contribution in [2.24, 2.45) is 10.2 Å². The quantitative estimate of drug-likeness (QED) is 0.251. The number of esters is 1. The van der Waals surface area contributed by atoms with E-state index < -0.39 is 22.8 Å². The third kappa shape index (κ3) is 4.51. The number of non-ortho nitro benzene ring substituents is 1. The molecule has 1 fully saturated rings. The molecule has 1 aliphatic rings. The van der Waals surface area contributed by atoms with Crippen LogP contribution in [0.5, 0.6) is 0 Å². The lowest BCUT2D eigenvalue weighted by molar-refractivity contribution is -0.384. The molecule has 1 aromatic carbocycles. The molecule has 11 nitrogen and oxygen atoms in total. The number of carbonyl (C=O) groups is 3. The molecule has 1 heterocycles. The second-order valence-corrected chi connectivity index (χ2v) is 5.60. The molecule has 0 aromatic heterocycles. The van der Waals surface area contributed by atoms with E-state index >= 15 is 0 Å². The van der Waals surface area contributed by atoms with Gasteiger partial charge in [0.2, 0.25) is 0 Å². The van der Waals surface area contributed by atoms with Gasteiger partial charge in [-0.3, -0.25) is 20.2 Å². The minimum absolute atomic E-state index is 0.0624. The summed E-state index contributed by atoms with van der Waals surface area (Å²) in [6.45, 7) is 0. The van der Waals surface area contributed by atoms with E-state index in [-0.39, 0.29) is 26.9 Å². The summed E-state index contributed by atoms with van der Waals surface area (Å²) in [5.41, 5.74) is -0.605. The maximum atomic E-state index is 11.6. The molecule has 1 aliphatic heterocycles. The van der Waals surface area contributed by atoms with Gasteiger partial charge in [0.25, 0.3) is 11.6 Å². The second-order valence-electron chi connectivity index (χ2n) is 4.57. The standard InChI is InChI=1S/C14H10N4O7S/c1-25-11(19)5-10-12(20)16-14(26-10)17-15-6-7-2-3-8(18(23)24)4-9(7)13(21)22/h2-6H,1H3,(H,21,22)(H,16,17,20)/b10-5+,15-6?. The van der Waals surface area contributed by atoms with Crippen LogP contribution in [0, 0.1) is 10.1 Å². The summed E-state index contributed by atoms with van der Waals surface area (Å²) in [4.78, 5) is 44.0. The maximum Gasteiger partial charge on any atom is 0.336 e. The molecule has 0 aliphatic carbocycles.